The Hall–Kier alpha value is -2.85. The van der Waals surface area contributed by atoms with Crippen LogP contribution in [0.25, 0.3) is 11.0 Å². The molecular formula is C31H38N2O5Si. The number of H-pyrrole nitrogens is 1. The Labute approximate surface area is 230 Å². The molecule has 206 valence electrons. The van der Waals surface area contributed by atoms with E-state index in [0.717, 1.165) is 21.4 Å². The summed E-state index contributed by atoms with van der Waals surface area (Å²) >= 11 is 0. The van der Waals surface area contributed by atoms with Crippen LogP contribution in [0.1, 0.15) is 46.5 Å². The zero-order valence-corrected chi connectivity index (χ0v) is 24.2. The predicted molar refractivity (Wildman–Crippen MR) is 154 cm³/mol. The number of aliphatic hydroxyl groups excluding tert-OH is 2. The predicted octanol–water partition coefficient (Wildman–Crippen LogP) is 4.05. The molecule has 2 heterocycles. The Bertz CT molecular complexity index is 1310. The molecular weight excluding hydrogens is 508 g/mol. The van der Waals surface area contributed by atoms with Crippen molar-refractivity contribution in [1.82, 2.24) is 9.97 Å². The van der Waals surface area contributed by atoms with Crippen molar-refractivity contribution in [3.8, 4) is 0 Å². The highest BCUT2D eigenvalue weighted by atomic mass is 28.4. The summed E-state index contributed by atoms with van der Waals surface area (Å²) < 4.78 is 19.2. The van der Waals surface area contributed by atoms with Crippen LogP contribution in [0.15, 0.2) is 84.9 Å². The molecule has 4 aromatic rings. The fourth-order valence-electron chi connectivity index (χ4n) is 5.69. The standard InChI is InChI=1S/C31H38N2O5Si/c1-30(2,3)39(21-14-8-6-9-15-21,22-16-10-7-11-17-22)36-20-25(34)27-28(38-31(4,5)37-27)26(35)29-32-23-18-12-13-19-24(23)33-29/h6-19,25-28,34-35H,20H2,1-5H3,(H,32,33)/t25-,26-,27-,28-/m1/s1. The summed E-state index contributed by atoms with van der Waals surface area (Å²) in [6.07, 6.45) is -3.87. The zero-order valence-electron chi connectivity index (χ0n) is 23.2. The number of nitrogens with zero attached hydrogens (tertiary/aromatic N) is 1. The molecule has 0 amide bonds. The van der Waals surface area contributed by atoms with Crippen molar-refractivity contribution in [3.05, 3.63) is 90.8 Å². The molecule has 1 saturated heterocycles. The van der Waals surface area contributed by atoms with E-state index in [4.69, 9.17) is 13.9 Å². The molecule has 8 heteroatoms. The highest BCUT2D eigenvalue weighted by Crippen LogP contribution is 2.39. The molecule has 0 unspecified atom stereocenters. The molecule has 7 nitrogen and oxygen atoms in total. The normalized spacial score (nSPS) is 21.2. The van der Waals surface area contributed by atoms with Gasteiger partial charge in [0.2, 0.25) is 0 Å². The van der Waals surface area contributed by atoms with Gasteiger partial charge in [-0.1, -0.05) is 93.6 Å². The van der Waals surface area contributed by atoms with Crippen molar-refractivity contribution in [2.75, 3.05) is 6.61 Å². The molecule has 3 N–H and O–H groups in total. The minimum Gasteiger partial charge on any atom is -0.405 e. The van der Waals surface area contributed by atoms with E-state index in [2.05, 4.69) is 55.0 Å². The van der Waals surface area contributed by atoms with Crippen molar-refractivity contribution in [3.63, 3.8) is 0 Å². The minimum absolute atomic E-state index is 0.0146. The SMILES string of the molecule is CC1(C)O[C@H]([C@H](O)CO[Si](c2ccccc2)(c2ccccc2)C(C)(C)C)[C@@H]([C@@H](O)c2nc3ccccc3[nH]2)O1. The smallest absolute Gasteiger partial charge is 0.261 e. The minimum atomic E-state index is -2.87. The number of imidazole rings is 1. The average Bonchev–Trinajstić information content (AvgIpc) is 3.49. The summed E-state index contributed by atoms with van der Waals surface area (Å²) in [6.45, 7) is 10.1. The van der Waals surface area contributed by atoms with Crippen molar-refractivity contribution in [2.45, 2.75) is 69.9 Å². The maximum absolute atomic E-state index is 11.6. The summed E-state index contributed by atoms with van der Waals surface area (Å²) in [6, 6.07) is 28.2. The summed E-state index contributed by atoms with van der Waals surface area (Å²) in [5.41, 5.74) is 1.56. The fraction of sp³-hybridized carbons (Fsp3) is 0.387. The van der Waals surface area contributed by atoms with Crippen LogP contribution in [0, 0.1) is 0 Å². The van der Waals surface area contributed by atoms with E-state index in [1.807, 2.05) is 60.7 Å². The lowest BCUT2D eigenvalue weighted by Gasteiger charge is -2.43. The van der Waals surface area contributed by atoms with Gasteiger partial charge in [0.25, 0.3) is 8.32 Å². The first-order valence-corrected chi connectivity index (χ1v) is 15.3. The van der Waals surface area contributed by atoms with Crippen LogP contribution in [0.3, 0.4) is 0 Å². The Morgan fingerprint density at radius 1 is 0.872 bits per heavy atom. The molecule has 0 radical (unpaired) electrons. The topological polar surface area (TPSA) is 96.8 Å². The lowest BCUT2D eigenvalue weighted by molar-refractivity contribution is -0.162. The van der Waals surface area contributed by atoms with E-state index in [0.29, 0.717) is 5.82 Å². The maximum Gasteiger partial charge on any atom is 0.261 e. The van der Waals surface area contributed by atoms with Gasteiger partial charge in [-0.2, -0.15) is 0 Å². The highest BCUT2D eigenvalue weighted by molar-refractivity contribution is 6.99. The van der Waals surface area contributed by atoms with Gasteiger partial charge < -0.3 is 29.1 Å². The summed E-state index contributed by atoms with van der Waals surface area (Å²) in [7, 11) is -2.87. The quantitative estimate of drug-likeness (QED) is 0.289. The second kappa shape index (κ2) is 10.6. The number of aromatic nitrogens is 2. The molecule has 0 bridgehead atoms. The molecule has 4 atom stereocenters. The van der Waals surface area contributed by atoms with Gasteiger partial charge in [0, 0.05) is 0 Å². The largest absolute Gasteiger partial charge is 0.405 e. The van der Waals surface area contributed by atoms with Gasteiger partial charge in [-0.05, 0) is 41.4 Å². The van der Waals surface area contributed by atoms with Gasteiger partial charge in [0.05, 0.1) is 17.6 Å². The summed E-state index contributed by atoms with van der Waals surface area (Å²) in [5.74, 6) is -0.631. The molecule has 1 aliphatic rings. The Morgan fingerprint density at radius 3 is 1.97 bits per heavy atom. The lowest BCUT2D eigenvalue weighted by atomic mass is 10.0. The third-order valence-corrected chi connectivity index (χ3v) is 12.4. The van der Waals surface area contributed by atoms with Gasteiger partial charge in [-0.25, -0.2) is 4.98 Å². The zero-order chi connectivity index (χ0) is 27.8. The first-order valence-electron chi connectivity index (χ1n) is 13.4. The van der Waals surface area contributed by atoms with E-state index in [1.54, 1.807) is 13.8 Å². The number of nitrogens with one attached hydrogen (secondary N) is 1. The van der Waals surface area contributed by atoms with Crippen molar-refractivity contribution >= 4 is 29.7 Å². The van der Waals surface area contributed by atoms with Gasteiger partial charge >= 0.3 is 0 Å². The Balaban J connectivity index is 1.45. The number of ether oxygens (including phenoxy) is 2. The number of rotatable bonds is 8. The molecule has 1 aliphatic heterocycles. The lowest BCUT2D eigenvalue weighted by Crippen LogP contribution is -2.67. The van der Waals surface area contributed by atoms with Crippen LogP contribution in [-0.2, 0) is 13.9 Å². The molecule has 0 aliphatic carbocycles. The number of para-hydroxylation sites is 2. The van der Waals surface area contributed by atoms with E-state index in [1.165, 1.54) is 0 Å². The van der Waals surface area contributed by atoms with E-state index in [-0.39, 0.29) is 11.6 Å². The highest BCUT2D eigenvalue weighted by Gasteiger charge is 2.53. The third kappa shape index (κ3) is 5.33. The first kappa shape index (κ1) is 27.7. The van der Waals surface area contributed by atoms with Gasteiger partial charge in [-0.3, -0.25) is 0 Å². The third-order valence-electron chi connectivity index (χ3n) is 7.43. The number of hydrogen-bond donors (Lipinski definition) is 3. The average molecular weight is 547 g/mol. The second-order valence-corrected chi connectivity index (χ2v) is 16.0. The van der Waals surface area contributed by atoms with E-state index >= 15 is 0 Å². The number of aliphatic hydroxyl groups is 2. The molecule has 0 saturated carbocycles. The van der Waals surface area contributed by atoms with Crippen molar-refractivity contribution in [2.24, 2.45) is 0 Å². The number of hydrogen-bond acceptors (Lipinski definition) is 6. The van der Waals surface area contributed by atoms with Crippen molar-refractivity contribution in [1.29, 1.82) is 0 Å². The van der Waals surface area contributed by atoms with Crippen LogP contribution in [0.2, 0.25) is 5.04 Å². The van der Waals surface area contributed by atoms with Crippen molar-refractivity contribution < 1.29 is 24.1 Å². The Kier molecular flexibility index (Phi) is 7.54. The van der Waals surface area contributed by atoms with Gasteiger partial charge in [0.15, 0.2) is 5.79 Å². The van der Waals surface area contributed by atoms with Crippen LogP contribution in [0.5, 0.6) is 0 Å². The summed E-state index contributed by atoms with van der Waals surface area (Å²) in [4.78, 5) is 7.72. The summed E-state index contributed by atoms with van der Waals surface area (Å²) in [5, 5.41) is 24.9. The van der Waals surface area contributed by atoms with E-state index < -0.39 is 38.5 Å². The molecule has 39 heavy (non-hydrogen) atoms. The number of benzene rings is 3. The number of aromatic amines is 1. The number of fused-ring (bicyclic) bond motifs is 1. The monoisotopic (exact) mass is 546 g/mol. The van der Waals surface area contributed by atoms with Gasteiger partial charge in [-0.15, -0.1) is 0 Å². The Morgan fingerprint density at radius 2 is 1.41 bits per heavy atom. The molecule has 3 aromatic carbocycles. The molecule has 1 aromatic heterocycles. The van der Waals surface area contributed by atoms with Crippen LogP contribution >= 0.6 is 0 Å². The van der Waals surface area contributed by atoms with Gasteiger partial charge in [0.1, 0.15) is 30.2 Å². The molecule has 1 fully saturated rings. The second-order valence-electron chi connectivity index (χ2n) is 11.7. The molecule has 5 rings (SSSR count). The van der Waals surface area contributed by atoms with Crippen LogP contribution in [-0.4, -0.2) is 59.2 Å². The van der Waals surface area contributed by atoms with Crippen LogP contribution in [0.4, 0.5) is 0 Å². The maximum atomic E-state index is 11.6. The fourth-order valence-corrected chi connectivity index (χ4v) is 10.3. The van der Waals surface area contributed by atoms with Crippen LogP contribution < -0.4 is 10.4 Å². The molecule has 0 spiro atoms. The van der Waals surface area contributed by atoms with E-state index in [9.17, 15) is 10.2 Å². The first-order chi connectivity index (χ1) is 18.5.